The molecule has 2 aromatic carbocycles. The Bertz CT molecular complexity index is 1120. The Labute approximate surface area is 170 Å². The maximum Gasteiger partial charge on any atom is 0.276 e. The third kappa shape index (κ3) is 4.83. The van der Waals surface area contributed by atoms with Gasteiger partial charge in [0.15, 0.2) is 5.69 Å². The van der Waals surface area contributed by atoms with E-state index in [4.69, 9.17) is 0 Å². The van der Waals surface area contributed by atoms with E-state index in [1.807, 2.05) is 37.3 Å². The number of anilines is 2. The average molecular weight is 413 g/mol. The van der Waals surface area contributed by atoms with E-state index in [-0.39, 0.29) is 17.4 Å². The fourth-order valence-corrected chi connectivity index (χ4v) is 4.17. The Morgan fingerprint density at radius 1 is 1.03 bits per heavy atom. The Balaban J connectivity index is 1.82. The predicted molar refractivity (Wildman–Crippen MR) is 115 cm³/mol. The third-order valence-corrected chi connectivity index (χ3v) is 5.92. The van der Waals surface area contributed by atoms with Crippen molar-refractivity contribution in [2.45, 2.75) is 27.2 Å². The van der Waals surface area contributed by atoms with E-state index in [9.17, 15) is 13.2 Å². The summed E-state index contributed by atoms with van der Waals surface area (Å²) in [5, 5.41) is 7.23. The van der Waals surface area contributed by atoms with E-state index in [1.54, 1.807) is 42.8 Å². The summed E-state index contributed by atoms with van der Waals surface area (Å²) in [5.41, 5.74) is 3.59. The van der Waals surface area contributed by atoms with Crippen molar-refractivity contribution < 1.29 is 13.2 Å². The summed E-state index contributed by atoms with van der Waals surface area (Å²) < 4.78 is 28.4. The van der Waals surface area contributed by atoms with Gasteiger partial charge in [-0.3, -0.25) is 9.52 Å². The number of carbonyl (C=O) groups excluding carboxylic acids is 1. The largest absolute Gasteiger partial charge is 0.320 e. The van der Waals surface area contributed by atoms with Gasteiger partial charge in [-0.25, -0.2) is 13.1 Å². The van der Waals surface area contributed by atoms with Gasteiger partial charge < -0.3 is 5.32 Å². The van der Waals surface area contributed by atoms with Crippen LogP contribution in [0.5, 0.6) is 0 Å². The lowest BCUT2D eigenvalue weighted by atomic mass is 10.1. The summed E-state index contributed by atoms with van der Waals surface area (Å²) in [7, 11) is -3.42. The van der Waals surface area contributed by atoms with E-state index in [2.05, 4.69) is 15.1 Å². The summed E-state index contributed by atoms with van der Waals surface area (Å²) in [6.07, 6.45) is 0.522. The molecule has 29 heavy (non-hydrogen) atoms. The van der Waals surface area contributed by atoms with Crippen LogP contribution in [0.25, 0.3) is 5.69 Å². The highest BCUT2D eigenvalue weighted by Gasteiger charge is 2.16. The zero-order valence-electron chi connectivity index (χ0n) is 16.6. The molecular formula is C21H24N4O3S. The minimum Gasteiger partial charge on any atom is -0.320 e. The molecule has 0 aliphatic carbocycles. The van der Waals surface area contributed by atoms with Crippen LogP contribution in [0.1, 0.15) is 35.1 Å². The van der Waals surface area contributed by atoms with Gasteiger partial charge in [0, 0.05) is 11.4 Å². The summed E-state index contributed by atoms with van der Waals surface area (Å²) in [6.45, 7) is 5.44. The minimum atomic E-state index is -3.42. The van der Waals surface area contributed by atoms with Crippen LogP contribution in [0.4, 0.5) is 11.4 Å². The van der Waals surface area contributed by atoms with Crippen molar-refractivity contribution in [2.75, 3.05) is 15.8 Å². The van der Waals surface area contributed by atoms with Crippen molar-refractivity contribution in [1.82, 2.24) is 9.78 Å². The van der Waals surface area contributed by atoms with Crippen LogP contribution < -0.4 is 10.0 Å². The van der Waals surface area contributed by atoms with Crippen molar-refractivity contribution in [1.29, 1.82) is 0 Å². The first-order valence-corrected chi connectivity index (χ1v) is 11.0. The molecular weight excluding hydrogens is 388 g/mol. The van der Waals surface area contributed by atoms with E-state index in [1.165, 1.54) is 0 Å². The fraction of sp³-hybridized carbons (Fsp3) is 0.238. The summed E-state index contributed by atoms with van der Waals surface area (Å²) >= 11 is 0. The third-order valence-electron chi connectivity index (χ3n) is 4.44. The second kappa shape index (κ2) is 8.48. The van der Waals surface area contributed by atoms with Crippen molar-refractivity contribution in [2.24, 2.45) is 0 Å². The lowest BCUT2D eigenvalue weighted by Gasteiger charge is -2.14. The Morgan fingerprint density at radius 2 is 1.72 bits per heavy atom. The number of sulfonamides is 1. The molecule has 0 aliphatic heterocycles. The molecule has 0 spiro atoms. The molecule has 0 bridgehead atoms. The Hall–Kier alpha value is -3.13. The first-order chi connectivity index (χ1) is 13.8. The van der Waals surface area contributed by atoms with Crippen molar-refractivity contribution in [3.8, 4) is 5.69 Å². The standard InChI is InChI=1S/C21H24N4O3S/c1-4-13-29(27,28)24-19-12-8-11-18(16(19)3)22-21(26)20-14-15(2)25(23-20)17-9-6-5-7-10-17/h5-12,14,24H,4,13H2,1-3H3,(H,22,26). The second-order valence-corrected chi connectivity index (χ2v) is 8.61. The van der Waals surface area contributed by atoms with E-state index in [0.29, 0.717) is 23.4 Å². The van der Waals surface area contributed by atoms with Crippen LogP contribution in [0.15, 0.2) is 54.6 Å². The molecule has 1 aromatic heterocycles. The molecule has 0 atom stereocenters. The number of aryl methyl sites for hydroxylation is 1. The van der Waals surface area contributed by atoms with Crippen LogP contribution in [0, 0.1) is 13.8 Å². The van der Waals surface area contributed by atoms with Crippen molar-refractivity contribution in [3.05, 3.63) is 71.5 Å². The van der Waals surface area contributed by atoms with Crippen molar-refractivity contribution >= 4 is 27.3 Å². The number of hydrogen-bond donors (Lipinski definition) is 2. The lowest BCUT2D eigenvalue weighted by molar-refractivity contribution is 0.102. The second-order valence-electron chi connectivity index (χ2n) is 6.77. The number of amides is 1. The molecule has 152 valence electrons. The van der Waals surface area contributed by atoms with Gasteiger partial charge >= 0.3 is 0 Å². The van der Waals surface area contributed by atoms with E-state index >= 15 is 0 Å². The normalized spacial score (nSPS) is 11.3. The fourth-order valence-electron chi connectivity index (χ4n) is 2.97. The molecule has 8 heteroatoms. The van der Waals surface area contributed by atoms with E-state index in [0.717, 1.165) is 11.4 Å². The Kier molecular flexibility index (Phi) is 6.03. The van der Waals surface area contributed by atoms with Crippen LogP contribution in [0.3, 0.4) is 0 Å². The summed E-state index contributed by atoms with van der Waals surface area (Å²) in [6, 6.07) is 16.4. The van der Waals surface area contributed by atoms with Crippen LogP contribution >= 0.6 is 0 Å². The molecule has 1 amide bonds. The lowest BCUT2D eigenvalue weighted by Crippen LogP contribution is -2.18. The molecule has 0 radical (unpaired) electrons. The van der Waals surface area contributed by atoms with Crippen LogP contribution in [-0.2, 0) is 10.0 Å². The topological polar surface area (TPSA) is 93.1 Å². The molecule has 0 fully saturated rings. The van der Waals surface area contributed by atoms with Gasteiger partial charge in [0.25, 0.3) is 5.91 Å². The number of nitrogens with one attached hydrogen (secondary N) is 2. The van der Waals surface area contributed by atoms with Gasteiger partial charge in [-0.2, -0.15) is 5.10 Å². The zero-order valence-corrected chi connectivity index (χ0v) is 17.5. The molecule has 1 heterocycles. The highest BCUT2D eigenvalue weighted by Crippen LogP contribution is 2.25. The zero-order chi connectivity index (χ0) is 21.0. The highest BCUT2D eigenvalue weighted by molar-refractivity contribution is 7.92. The maximum atomic E-state index is 12.7. The SMILES string of the molecule is CCCS(=O)(=O)Nc1cccc(NC(=O)c2cc(C)n(-c3ccccc3)n2)c1C. The molecule has 0 unspecified atom stereocenters. The number of rotatable bonds is 7. The summed E-state index contributed by atoms with van der Waals surface area (Å²) in [4.78, 5) is 12.7. The molecule has 3 rings (SSSR count). The number of nitrogens with zero attached hydrogens (tertiary/aromatic N) is 2. The first kappa shape index (κ1) is 20.6. The van der Waals surface area contributed by atoms with Gasteiger partial charge in [0.1, 0.15) is 0 Å². The maximum absolute atomic E-state index is 12.7. The smallest absolute Gasteiger partial charge is 0.276 e. The van der Waals surface area contributed by atoms with Gasteiger partial charge in [0.2, 0.25) is 10.0 Å². The number of carbonyl (C=O) groups is 1. The van der Waals surface area contributed by atoms with E-state index < -0.39 is 10.0 Å². The summed E-state index contributed by atoms with van der Waals surface area (Å²) in [5.74, 6) is -0.321. The molecule has 0 aliphatic rings. The molecule has 3 aromatic rings. The Morgan fingerprint density at radius 3 is 2.41 bits per heavy atom. The quantitative estimate of drug-likeness (QED) is 0.616. The van der Waals surface area contributed by atoms with Gasteiger partial charge in [-0.05, 0) is 56.2 Å². The minimum absolute atomic E-state index is 0.0409. The number of aromatic nitrogens is 2. The molecule has 2 N–H and O–H groups in total. The van der Waals surface area contributed by atoms with Gasteiger partial charge in [-0.15, -0.1) is 0 Å². The van der Waals surface area contributed by atoms with Gasteiger partial charge in [-0.1, -0.05) is 31.2 Å². The monoisotopic (exact) mass is 412 g/mol. The first-order valence-electron chi connectivity index (χ1n) is 9.34. The number of benzene rings is 2. The highest BCUT2D eigenvalue weighted by atomic mass is 32.2. The molecule has 0 saturated carbocycles. The van der Waals surface area contributed by atoms with Crippen LogP contribution in [-0.4, -0.2) is 29.9 Å². The number of para-hydroxylation sites is 1. The molecule has 0 saturated heterocycles. The van der Waals surface area contributed by atoms with Gasteiger partial charge in [0.05, 0.1) is 17.1 Å². The van der Waals surface area contributed by atoms with Crippen LogP contribution in [0.2, 0.25) is 0 Å². The predicted octanol–water partition coefficient (Wildman–Crippen LogP) is 3.89. The molecule has 7 nitrogen and oxygen atoms in total. The van der Waals surface area contributed by atoms with Crippen molar-refractivity contribution in [3.63, 3.8) is 0 Å². The number of hydrogen-bond acceptors (Lipinski definition) is 4. The average Bonchev–Trinajstić information content (AvgIpc) is 3.07.